The van der Waals surface area contributed by atoms with Crippen molar-refractivity contribution in [3.8, 4) is 0 Å². The van der Waals surface area contributed by atoms with E-state index in [1.165, 1.54) is 6.20 Å². The molecule has 2 heterocycles. The average Bonchev–Trinajstić information content (AvgIpc) is 3.15. The van der Waals surface area contributed by atoms with Gasteiger partial charge in [0, 0.05) is 36.7 Å². The van der Waals surface area contributed by atoms with Gasteiger partial charge in [-0.3, -0.25) is 4.98 Å². The number of H-pyrrole nitrogens is 1. The molecule has 7 nitrogen and oxygen atoms in total. The van der Waals surface area contributed by atoms with Gasteiger partial charge in [-0.25, -0.2) is 9.59 Å². The van der Waals surface area contributed by atoms with E-state index in [9.17, 15) is 9.59 Å². The minimum atomic E-state index is -0.489. The maximum absolute atomic E-state index is 12.3. The minimum Gasteiger partial charge on any atom is -0.445 e. The molecule has 1 fully saturated rings. The van der Waals surface area contributed by atoms with E-state index >= 15 is 0 Å². The minimum absolute atomic E-state index is 0.140. The van der Waals surface area contributed by atoms with Crippen LogP contribution in [0.4, 0.5) is 4.79 Å². The van der Waals surface area contributed by atoms with Crippen LogP contribution in [0.3, 0.4) is 0 Å². The lowest BCUT2D eigenvalue weighted by atomic mass is 9.93. The number of hydrogen-bond donors (Lipinski definition) is 1. The van der Waals surface area contributed by atoms with Gasteiger partial charge in [0.1, 0.15) is 6.61 Å². The van der Waals surface area contributed by atoms with Gasteiger partial charge < -0.3 is 19.0 Å². The monoisotopic (exact) mass is 453 g/mol. The molecule has 0 bridgehead atoms. The summed E-state index contributed by atoms with van der Waals surface area (Å²) < 4.78 is 10.4. The van der Waals surface area contributed by atoms with Crippen LogP contribution in [0.1, 0.15) is 30.6 Å². The Balaban J connectivity index is 1.39. The molecule has 1 aliphatic heterocycles. The molecule has 1 saturated heterocycles. The van der Waals surface area contributed by atoms with Gasteiger partial charge in [0.25, 0.3) is 0 Å². The molecule has 9 heteroatoms. The first kappa shape index (κ1) is 22.3. The molecular weight excluding hydrogens is 429 g/mol. The van der Waals surface area contributed by atoms with Gasteiger partial charge in [-0.2, -0.15) is 0 Å². The third-order valence-corrected chi connectivity index (χ3v) is 5.74. The van der Waals surface area contributed by atoms with Gasteiger partial charge in [0.15, 0.2) is 5.76 Å². The Labute approximate surface area is 185 Å². The molecule has 1 aromatic heterocycles. The van der Waals surface area contributed by atoms with E-state index in [-0.39, 0.29) is 12.7 Å². The number of ether oxygens (including phenoxy) is 1. The molecule has 1 aliphatic rings. The Hall–Kier alpha value is -2.38. The van der Waals surface area contributed by atoms with Crippen LogP contribution in [-0.2, 0) is 11.3 Å². The number of hydrogen-bond acceptors (Lipinski definition) is 5. The van der Waals surface area contributed by atoms with Crippen LogP contribution < -0.4 is 5.76 Å². The van der Waals surface area contributed by atoms with Crippen molar-refractivity contribution >= 4 is 35.0 Å². The molecule has 3 rings (SSSR count). The topological polar surface area (TPSA) is 78.8 Å². The zero-order chi connectivity index (χ0) is 21.7. The van der Waals surface area contributed by atoms with Crippen molar-refractivity contribution in [2.45, 2.75) is 25.9 Å². The SMILES string of the molecule is C=C(c1c[nH]c(=O)o1)N(C)CCC1CCN(C(=O)OCc2cc(Cl)cc(Cl)c2)CC1. The lowest BCUT2D eigenvalue weighted by Gasteiger charge is -2.32. The number of benzene rings is 1. The summed E-state index contributed by atoms with van der Waals surface area (Å²) in [7, 11) is 1.92. The van der Waals surface area contributed by atoms with Crippen molar-refractivity contribution in [2.24, 2.45) is 5.92 Å². The zero-order valence-corrected chi connectivity index (χ0v) is 18.3. The Morgan fingerprint density at radius 2 is 1.97 bits per heavy atom. The van der Waals surface area contributed by atoms with E-state index in [1.807, 2.05) is 11.9 Å². The molecule has 0 atom stereocenters. The summed E-state index contributed by atoms with van der Waals surface area (Å²) >= 11 is 11.9. The molecule has 0 radical (unpaired) electrons. The summed E-state index contributed by atoms with van der Waals surface area (Å²) in [5.41, 5.74) is 1.42. The molecule has 30 heavy (non-hydrogen) atoms. The summed E-state index contributed by atoms with van der Waals surface area (Å²) in [6.07, 6.45) is 3.99. The van der Waals surface area contributed by atoms with E-state index < -0.39 is 5.76 Å². The standard InChI is InChI=1S/C21H25Cl2N3O4/c1-14(19-12-24-20(27)30-19)25(2)6-3-15-4-7-26(8-5-15)21(28)29-13-16-9-17(22)11-18(23)10-16/h9-12,15H,1,3-8,13H2,2H3,(H,24,27). The van der Waals surface area contributed by atoms with Gasteiger partial charge >= 0.3 is 11.8 Å². The fraction of sp³-hybridized carbons (Fsp3) is 0.429. The lowest BCUT2D eigenvalue weighted by molar-refractivity contribution is 0.0810. The highest BCUT2D eigenvalue weighted by Gasteiger charge is 2.24. The molecule has 0 aliphatic carbocycles. The van der Waals surface area contributed by atoms with Gasteiger partial charge in [0.2, 0.25) is 0 Å². The Morgan fingerprint density at radius 3 is 2.57 bits per heavy atom. The van der Waals surface area contributed by atoms with Crippen molar-refractivity contribution < 1.29 is 13.9 Å². The van der Waals surface area contributed by atoms with E-state index in [2.05, 4.69) is 11.6 Å². The van der Waals surface area contributed by atoms with E-state index in [1.54, 1.807) is 23.1 Å². The van der Waals surface area contributed by atoms with Crippen molar-refractivity contribution in [3.05, 3.63) is 62.9 Å². The second-order valence-electron chi connectivity index (χ2n) is 7.46. The Morgan fingerprint density at radius 1 is 1.30 bits per heavy atom. The van der Waals surface area contributed by atoms with Crippen LogP contribution in [0.25, 0.3) is 5.70 Å². The van der Waals surface area contributed by atoms with Gasteiger partial charge in [-0.05, 0) is 48.9 Å². The highest BCUT2D eigenvalue weighted by atomic mass is 35.5. The summed E-state index contributed by atoms with van der Waals surface area (Å²) in [6.45, 7) is 6.24. The van der Waals surface area contributed by atoms with Gasteiger partial charge in [0.05, 0.1) is 11.9 Å². The van der Waals surface area contributed by atoms with E-state index in [0.717, 1.165) is 31.4 Å². The first-order valence-electron chi connectivity index (χ1n) is 9.77. The smallest absolute Gasteiger partial charge is 0.416 e. The predicted octanol–water partition coefficient (Wildman–Crippen LogP) is 4.62. The number of halogens is 2. The lowest BCUT2D eigenvalue weighted by Crippen LogP contribution is -2.39. The third kappa shape index (κ3) is 6.06. The molecule has 1 N–H and O–H groups in total. The fourth-order valence-corrected chi connectivity index (χ4v) is 4.03. The van der Waals surface area contributed by atoms with Crippen molar-refractivity contribution in [2.75, 3.05) is 26.7 Å². The highest BCUT2D eigenvalue weighted by molar-refractivity contribution is 6.34. The summed E-state index contributed by atoms with van der Waals surface area (Å²) in [6, 6.07) is 5.10. The molecule has 0 saturated carbocycles. The normalized spacial score (nSPS) is 14.6. The second kappa shape index (κ2) is 10.1. The van der Waals surface area contributed by atoms with Gasteiger partial charge in [-0.15, -0.1) is 0 Å². The summed E-state index contributed by atoms with van der Waals surface area (Å²) in [5, 5.41) is 1.03. The number of nitrogens with zero attached hydrogens (tertiary/aromatic N) is 2. The number of likely N-dealkylation sites (tertiary alicyclic amines) is 1. The van der Waals surface area contributed by atoms with E-state index in [0.29, 0.717) is 40.5 Å². The molecule has 1 aromatic carbocycles. The maximum Gasteiger partial charge on any atom is 0.416 e. The Kier molecular flexibility index (Phi) is 7.50. The summed E-state index contributed by atoms with van der Waals surface area (Å²) in [5.74, 6) is 0.465. The number of nitrogens with one attached hydrogen (secondary N) is 1. The van der Waals surface area contributed by atoms with Crippen LogP contribution >= 0.6 is 23.2 Å². The largest absolute Gasteiger partial charge is 0.445 e. The second-order valence-corrected chi connectivity index (χ2v) is 8.33. The van der Waals surface area contributed by atoms with Crippen LogP contribution in [-0.4, -0.2) is 47.6 Å². The molecular formula is C21H25Cl2N3O4. The molecule has 0 unspecified atom stereocenters. The quantitative estimate of drug-likeness (QED) is 0.661. The zero-order valence-electron chi connectivity index (χ0n) is 16.8. The van der Waals surface area contributed by atoms with Crippen LogP contribution in [0.2, 0.25) is 10.0 Å². The number of carbonyl (C=O) groups excluding carboxylic acids is 1. The highest BCUT2D eigenvalue weighted by Crippen LogP contribution is 2.24. The van der Waals surface area contributed by atoms with Crippen LogP contribution in [0.15, 0.2) is 40.2 Å². The number of aromatic nitrogens is 1. The predicted molar refractivity (Wildman–Crippen MR) is 117 cm³/mol. The van der Waals surface area contributed by atoms with Crippen molar-refractivity contribution in [3.63, 3.8) is 0 Å². The van der Waals surface area contributed by atoms with Gasteiger partial charge in [-0.1, -0.05) is 29.8 Å². The number of oxazole rings is 1. The van der Waals surface area contributed by atoms with Crippen molar-refractivity contribution in [1.29, 1.82) is 0 Å². The third-order valence-electron chi connectivity index (χ3n) is 5.30. The number of piperidine rings is 1. The average molecular weight is 454 g/mol. The molecule has 1 amide bonds. The maximum atomic E-state index is 12.3. The van der Waals surface area contributed by atoms with Crippen LogP contribution in [0, 0.1) is 5.92 Å². The first-order valence-corrected chi connectivity index (χ1v) is 10.5. The number of carbonyl (C=O) groups is 1. The number of aromatic amines is 1. The fourth-order valence-electron chi connectivity index (χ4n) is 3.46. The number of rotatable bonds is 7. The first-order chi connectivity index (χ1) is 14.3. The number of amides is 1. The van der Waals surface area contributed by atoms with Crippen molar-refractivity contribution in [1.82, 2.24) is 14.8 Å². The van der Waals surface area contributed by atoms with E-state index in [4.69, 9.17) is 32.4 Å². The van der Waals surface area contributed by atoms with Crippen LogP contribution in [0.5, 0.6) is 0 Å². The molecule has 162 valence electrons. The molecule has 2 aromatic rings. The Bertz CT molecular complexity index is 927. The summed E-state index contributed by atoms with van der Waals surface area (Å²) in [4.78, 5) is 29.7. The molecule has 0 spiro atoms.